The van der Waals surface area contributed by atoms with Crippen molar-refractivity contribution in [2.24, 2.45) is 0 Å². The summed E-state index contributed by atoms with van der Waals surface area (Å²) in [7, 11) is 0. The monoisotopic (exact) mass is 225 g/mol. The van der Waals surface area contributed by atoms with Gasteiger partial charge in [0, 0.05) is 24.7 Å². The molecule has 1 aliphatic carbocycles. The summed E-state index contributed by atoms with van der Waals surface area (Å²) in [6, 6.07) is 0.506. The van der Waals surface area contributed by atoms with Gasteiger partial charge in [0.2, 0.25) is 0 Å². The van der Waals surface area contributed by atoms with E-state index in [1.165, 1.54) is 12.8 Å². The Morgan fingerprint density at radius 2 is 2.38 bits per heavy atom. The van der Waals surface area contributed by atoms with Crippen molar-refractivity contribution in [3.8, 4) is 0 Å². The molecule has 0 spiro atoms. The molecule has 4 heteroatoms. The average Bonchev–Trinajstić information content (AvgIpc) is 2.73. The van der Waals surface area contributed by atoms with Gasteiger partial charge < -0.3 is 9.84 Å². The normalized spacial score (nSPS) is 31.4. The third-order valence-corrected chi connectivity index (χ3v) is 3.57. The first-order valence-electron chi connectivity index (χ1n) is 5.94. The van der Waals surface area contributed by atoms with E-state index < -0.39 is 5.97 Å². The van der Waals surface area contributed by atoms with E-state index in [2.05, 4.69) is 4.90 Å². The summed E-state index contributed by atoms with van der Waals surface area (Å²) in [5.41, 5.74) is 0.432. The fraction of sp³-hybridized carbons (Fsp3) is 0.750. The van der Waals surface area contributed by atoms with Gasteiger partial charge in [-0.05, 0) is 26.2 Å². The number of hydrogen-bond acceptors (Lipinski definition) is 3. The minimum atomic E-state index is -0.823. The third kappa shape index (κ3) is 2.44. The van der Waals surface area contributed by atoms with E-state index >= 15 is 0 Å². The quantitative estimate of drug-likeness (QED) is 0.735. The second-order valence-electron chi connectivity index (χ2n) is 4.59. The summed E-state index contributed by atoms with van der Waals surface area (Å²) in [4.78, 5) is 13.0. The molecule has 2 rings (SSSR count). The van der Waals surface area contributed by atoms with E-state index in [0.717, 1.165) is 26.1 Å². The molecule has 1 N–H and O–H groups in total. The van der Waals surface area contributed by atoms with Crippen molar-refractivity contribution in [2.75, 3.05) is 19.7 Å². The Morgan fingerprint density at radius 3 is 3.12 bits per heavy atom. The summed E-state index contributed by atoms with van der Waals surface area (Å²) >= 11 is 0. The Bertz CT molecular complexity index is 301. The van der Waals surface area contributed by atoms with Gasteiger partial charge in [0.15, 0.2) is 0 Å². The van der Waals surface area contributed by atoms with Crippen LogP contribution in [-0.4, -0.2) is 47.8 Å². The molecule has 0 amide bonds. The molecule has 1 aliphatic heterocycles. The molecule has 2 unspecified atom stereocenters. The van der Waals surface area contributed by atoms with E-state index in [1.54, 1.807) is 6.92 Å². The number of hydrogen-bond donors (Lipinski definition) is 1. The SMILES string of the molecule is CC(=CCN1CCOC2CCCC21)C(=O)O. The van der Waals surface area contributed by atoms with Crippen LogP contribution in [0.15, 0.2) is 11.6 Å². The molecule has 0 aromatic carbocycles. The van der Waals surface area contributed by atoms with Gasteiger partial charge in [0.05, 0.1) is 12.7 Å². The molecular formula is C12H19NO3. The highest BCUT2D eigenvalue weighted by Gasteiger charge is 2.35. The number of fused-ring (bicyclic) bond motifs is 1. The largest absolute Gasteiger partial charge is 0.478 e. The Hall–Kier alpha value is -0.870. The highest BCUT2D eigenvalue weighted by Crippen LogP contribution is 2.29. The summed E-state index contributed by atoms with van der Waals surface area (Å²) in [6.45, 7) is 4.09. The molecule has 1 heterocycles. The number of aliphatic carboxylic acids is 1. The molecule has 90 valence electrons. The first kappa shape index (κ1) is 11.6. The number of ether oxygens (including phenoxy) is 1. The van der Waals surface area contributed by atoms with Gasteiger partial charge in [-0.1, -0.05) is 6.08 Å². The molecule has 2 fully saturated rings. The van der Waals surface area contributed by atoms with Crippen LogP contribution in [0.1, 0.15) is 26.2 Å². The lowest BCUT2D eigenvalue weighted by atomic mass is 10.1. The number of carboxylic acid groups (broad SMARTS) is 1. The highest BCUT2D eigenvalue weighted by molar-refractivity contribution is 5.85. The van der Waals surface area contributed by atoms with Crippen LogP contribution >= 0.6 is 0 Å². The summed E-state index contributed by atoms with van der Waals surface area (Å²) in [5.74, 6) is -0.823. The molecule has 0 aromatic heterocycles. The van der Waals surface area contributed by atoms with Crippen molar-refractivity contribution < 1.29 is 14.6 Å². The molecule has 4 nitrogen and oxygen atoms in total. The third-order valence-electron chi connectivity index (χ3n) is 3.57. The zero-order chi connectivity index (χ0) is 11.5. The van der Waals surface area contributed by atoms with Crippen LogP contribution in [0.3, 0.4) is 0 Å². The number of carboxylic acids is 1. The maximum absolute atomic E-state index is 10.7. The van der Waals surface area contributed by atoms with E-state index in [-0.39, 0.29) is 0 Å². The maximum atomic E-state index is 10.7. The van der Waals surface area contributed by atoms with E-state index in [4.69, 9.17) is 9.84 Å². The molecule has 0 bridgehead atoms. The fourth-order valence-corrected chi connectivity index (χ4v) is 2.57. The van der Waals surface area contributed by atoms with Gasteiger partial charge in [-0.3, -0.25) is 4.90 Å². The van der Waals surface area contributed by atoms with Gasteiger partial charge in [-0.25, -0.2) is 4.79 Å². The minimum Gasteiger partial charge on any atom is -0.478 e. The van der Waals surface area contributed by atoms with Gasteiger partial charge in [-0.2, -0.15) is 0 Å². The van der Waals surface area contributed by atoms with Crippen molar-refractivity contribution in [3.05, 3.63) is 11.6 Å². The van der Waals surface area contributed by atoms with Crippen LogP contribution in [0.25, 0.3) is 0 Å². The van der Waals surface area contributed by atoms with Crippen LogP contribution in [-0.2, 0) is 9.53 Å². The van der Waals surface area contributed by atoms with E-state index in [9.17, 15) is 4.79 Å². The first-order chi connectivity index (χ1) is 7.68. The van der Waals surface area contributed by atoms with Gasteiger partial charge in [-0.15, -0.1) is 0 Å². The van der Waals surface area contributed by atoms with E-state index in [0.29, 0.717) is 17.7 Å². The average molecular weight is 225 g/mol. The molecule has 0 aromatic rings. The van der Waals surface area contributed by atoms with Crippen LogP contribution < -0.4 is 0 Å². The van der Waals surface area contributed by atoms with Gasteiger partial charge in [0.25, 0.3) is 0 Å². The lowest BCUT2D eigenvalue weighted by Crippen LogP contribution is -2.48. The Balaban J connectivity index is 1.93. The van der Waals surface area contributed by atoms with Crippen molar-refractivity contribution >= 4 is 5.97 Å². The van der Waals surface area contributed by atoms with Crippen molar-refractivity contribution in [3.63, 3.8) is 0 Å². The Morgan fingerprint density at radius 1 is 1.56 bits per heavy atom. The zero-order valence-electron chi connectivity index (χ0n) is 9.69. The number of nitrogens with zero attached hydrogens (tertiary/aromatic N) is 1. The lowest BCUT2D eigenvalue weighted by molar-refractivity contribution is -0.132. The number of carbonyl (C=O) groups is 1. The molecule has 2 aliphatic rings. The molecule has 16 heavy (non-hydrogen) atoms. The second kappa shape index (κ2) is 4.97. The van der Waals surface area contributed by atoms with Crippen LogP contribution in [0, 0.1) is 0 Å². The zero-order valence-corrected chi connectivity index (χ0v) is 9.69. The summed E-state index contributed by atoms with van der Waals surface area (Å²) in [5, 5.41) is 8.79. The first-order valence-corrected chi connectivity index (χ1v) is 5.94. The lowest BCUT2D eigenvalue weighted by Gasteiger charge is -2.37. The molecule has 1 saturated heterocycles. The maximum Gasteiger partial charge on any atom is 0.330 e. The second-order valence-corrected chi connectivity index (χ2v) is 4.59. The topological polar surface area (TPSA) is 49.8 Å². The number of morpholine rings is 1. The van der Waals surface area contributed by atoms with Gasteiger partial charge >= 0.3 is 5.97 Å². The van der Waals surface area contributed by atoms with Crippen molar-refractivity contribution in [2.45, 2.75) is 38.3 Å². The predicted octanol–water partition coefficient (Wildman–Crippen LogP) is 1.27. The van der Waals surface area contributed by atoms with Crippen LogP contribution in [0.4, 0.5) is 0 Å². The summed E-state index contributed by atoms with van der Waals surface area (Å²) in [6.07, 6.45) is 5.76. The fourth-order valence-electron chi connectivity index (χ4n) is 2.57. The van der Waals surface area contributed by atoms with Gasteiger partial charge in [0.1, 0.15) is 0 Å². The molecule has 1 saturated carbocycles. The number of rotatable bonds is 3. The van der Waals surface area contributed by atoms with E-state index in [1.807, 2.05) is 6.08 Å². The van der Waals surface area contributed by atoms with Crippen LogP contribution in [0.5, 0.6) is 0 Å². The highest BCUT2D eigenvalue weighted by atomic mass is 16.5. The summed E-state index contributed by atoms with van der Waals surface area (Å²) < 4.78 is 5.71. The molecular weight excluding hydrogens is 206 g/mol. The predicted molar refractivity (Wildman–Crippen MR) is 60.3 cm³/mol. The molecule has 2 atom stereocenters. The van der Waals surface area contributed by atoms with Crippen LogP contribution in [0.2, 0.25) is 0 Å². The molecule has 0 radical (unpaired) electrons. The minimum absolute atomic E-state index is 0.382. The van der Waals surface area contributed by atoms with Crippen molar-refractivity contribution in [1.82, 2.24) is 4.90 Å². The Labute approximate surface area is 95.9 Å². The standard InChI is InChI=1S/C12H19NO3/c1-9(12(14)15)5-6-13-7-8-16-11-4-2-3-10(11)13/h5,10-11H,2-4,6-8H2,1H3,(H,14,15). The smallest absolute Gasteiger partial charge is 0.330 e. The Kier molecular flexibility index (Phi) is 3.61. The van der Waals surface area contributed by atoms with Crippen molar-refractivity contribution in [1.29, 1.82) is 0 Å².